The molecule has 0 bridgehead atoms. The van der Waals surface area contributed by atoms with E-state index in [0.717, 1.165) is 0 Å². The van der Waals surface area contributed by atoms with Gasteiger partial charge >= 0.3 is 0 Å². The van der Waals surface area contributed by atoms with Gasteiger partial charge < -0.3 is 20.1 Å². The van der Waals surface area contributed by atoms with Gasteiger partial charge in [-0.2, -0.15) is 0 Å². The highest BCUT2D eigenvalue weighted by atomic mass is 16.6. The van der Waals surface area contributed by atoms with Crippen LogP contribution in [0, 0.1) is 20.2 Å². The standard InChI is InChI=1S/C26H20N4O8/c31-25(15-37-19-11-7-17(8-12-19)29(33)34)27-23-5-1-3-21-22(23)4-2-6-24(21)28-26(32)16-38-20-13-9-18(10-14-20)30(35)36/h1-14H,15-16H2,(H,27,31)(H,28,32). The first kappa shape index (κ1) is 25.6. The minimum Gasteiger partial charge on any atom is -0.484 e. The van der Waals surface area contributed by atoms with Crippen LogP contribution < -0.4 is 20.1 Å². The molecule has 4 rings (SSSR count). The van der Waals surface area contributed by atoms with Crippen molar-refractivity contribution in [3.63, 3.8) is 0 Å². The third-order valence-electron chi connectivity index (χ3n) is 5.31. The fourth-order valence-corrected chi connectivity index (χ4v) is 3.53. The third kappa shape index (κ3) is 6.37. The van der Waals surface area contributed by atoms with Crippen molar-refractivity contribution in [2.24, 2.45) is 0 Å². The van der Waals surface area contributed by atoms with E-state index < -0.39 is 21.7 Å². The normalized spacial score (nSPS) is 10.4. The number of anilines is 2. The highest BCUT2D eigenvalue weighted by molar-refractivity contribution is 6.09. The van der Waals surface area contributed by atoms with E-state index in [1.54, 1.807) is 36.4 Å². The Morgan fingerprint density at radius 1 is 0.605 bits per heavy atom. The maximum Gasteiger partial charge on any atom is 0.269 e. The highest BCUT2D eigenvalue weighted by Gasteiger charge is 2.12. The predicted octanol–water partition coefficient (Wildman–Crippen LogP) is 4.69. The first-order valence-electron chi connectivity index (χ1n) is 11.2. The molecule has 38 heavy (non-hydrogen) atoms. The molecular formula is C26H20N4O8. The molecule has 0 aliphatic rings. The lowest BCUT2D eigenvalue weighted by atomic mass is 10.1. The molecule has 0 saturated carbocycles. The van der Waals surface area contributed by atoms with Gasteiger partial charge in [0.25, 0.3) is 23.2 Å². The van der Waals surface area contributed by atoms with Crippen molar-refractivity contribution in [2.45, 2.75) is 0 Å². The van der Waals surface area contributed by atoms with Crippen LogP contribution in [-0.4, -0.2) is 34.9 Å². The number of fused-ring (bicyclic) bond motifs is 1. The summed E-state index contributed by atoms with van der Waals surface area (Å²) in [5.74, 6) is -0.266. The maximum absolute atomic E-state index is 12.5. The number of non-ortho nitro benzene ring substituents is 2. The summed E-state index contributed by atoms with van der Waals surface area (Å²) in [7, 11) is 0. The summed E-state index contributed by atoms with van der Waals surface area (Å²) in [6, 6.07) is 21.2. The van der Waals surface area contributed by atoms with Crippen molar-refractivity contribution in [2.75, 3.05) is 23.8 Å². The lowest BCUT2D eigenvalue weighted by molar-refractivity contribution is -0.385. The van der Waals surface area contributed by atoms with Crippen LogP contribution in [0.25, 0.3) is 10.8 Å². The molecule has 0 aliphatic carbocycles. The number of hydrogen-bond acceptors (Lipinski definition) is 8. The molecule has 0 heterocycles. The fraction of sp³-hybridized carbons (Fsp3) is 0.0769. The summed E-state index contributed by atoms with van der Waals surface area (Å²) in [5.41, 5.74) is 0.827. The van der Waals surface area contributed by atoms with Crippen molar-refractivity contribution >= 4 is 45.3 Å². The van der Waals surface area contributed by atoms with Gasteiger partial charge in [0.15, 0.2) is 13.2 Å². The van der Waals surface area contributed by atoms with E-state index in [-0.39, 0.29) is 24.6 Å². The first-order chi connectivity index (χ1) is 18.3. The number of nitro benzene ring substituents is 2. The third-order valence-corrected chi connectivity index (χ3v) is 5.31. The minimum atomic E-state index is -0.528. The number of carbonyl (C=O) groups is 2. The van der Waals surface area contributed by atoms with Crippen LogP contribution >= 0.6 is 0 Å². The highest BCUT2D eigenvalue weighted by Crippen LogP contribution is 2.29. The zero-order valence-corrected chi connectivity index (χ0v) is 19.7. The Bertz CT molecular complexity index is 1390. The summed E-state index contributed by atoms with van der Waals surface area (Å²) in [6.45, 7) is -0.630. The van der Waals surface area contributed by atoms with Crippen molar-refractivity contribution in [1.82, 2.24) is 0 Å². The Kier molecular flexibility index (Phi) is 7.72. The van der Waals surface area contributed by atoms with E-state index >= 15 is 0 Å². The molecule has 4 aromatic rings. The Balaban J connectivity index is 1.37. The summed E-state index contributed by atoms with van der Waals surface area (Å²) >= 11 is 0. The molecule has 0 aliphatic heterocycles. The van der Waals surface area contributed by atoms with Crippen molar-refractivity contribution < 1.29 is 28.9 Å². The minimum absolute atomic E-state index is 0.0848. The molecule has 0 spiro atoms. The van der Waals surface area contributed by atoms with Crippen LogP contribution in [0.5, 0.6) is 11.5 Å². The van der Waals surface area contributed by atoms with Crippen LogP contribution in [0.1, 0.15) is 0 Å². The van der Waals surface area contributed by atoms with Crippen molar-refractivity contribution in [3.8, 4) is 11.5 Å². The van der Waals surface area contributed by atoms with Gasteiger partial charge in [0.2, 0.25) is 0 Å². The molecule has 0 saturated heterocycles. The lowest BCUT2D eigenvalue weighted by Crippen LogP contribution is -2.21. The second-order valence-corrected chi connectivity index (χ2v) is 7.88. The number of nitrogens with one attached hydrogen (secondary N) is 2. The second kappa shape index (κ2) is 11.5. The molecule has 4 aromatic carbocycles. The number of rotatable bonds is 10. The zero-order valence-electron chi connectivity index (χ0n) is 19.7. The molecule has 0 unspecified atom stereocenters. The number of hydrogen-bond donors (Lipinski definition) is 2. The monoisotopic (exact) mass is 516 g/mol. The van der Waals surface area contributed by atoms with Gasteiger partial charge in [-0.15, -0.1) is 0 Å². The second-order valence-electron chi connectivity index (χ2n) is 7.88. The SMILES string of the molecule is O=C(COc1ccc([N+](=O)[O-])cc1)Nc1cccc2c(NC(=O)COc3ccc([N+](=O)[O-])cc3)cccc12. The summed E-state index contributed by atoms with van der Waals surface area (Å²) < 4.78 is 10.8. The van der Waals surface area contributed by atoms with Crippen LogP contribution in [0.4, 0.5) is 22.7 Å². The Hall–Kier alpha value is -5.52. The summed E-state index contributed by atoms with van der Waals surface area (Å²) in [4.78, 5) is 45.4. The lowest BCUT2D eigenvalue weighted by Gasteiger charge is -2.13. The first-order valence-corrected chi connectivity index (χ1v) is 11.2. The molecule has 12 nitrogen and oxygen atoms in total. The molecule has 0 fully saturated rings. The van der Waals surface area contributed by atoms with Gasteiger partial charge in [-0.25, -0.2) is 0 Å². The molecule has 12 heteroatoms. The Morgan fingerprint density at radius 3 is 1.32 bits per heavy atom. The molecule has 0 aromatic heterocycles. The number of nitrogens with zero attached hydrogens (tertiary/aromatic N) is 2. The smallest absolute Gasteiger partial charge is 0.269 e. The van der Waals surface area contributed by atoms with Crippen LogP contribution in [0.3, 0.4) is 0 Å². The summed E-state index contributed by atoms with van der Waals surface area (Å²) in [5, 5.41) is 28.4. The van der Waals surface area contributed by atoms with E-state index in [1.165, 1.54) is 48.5 Å². The van der Waals surface area contributed by atoms with E-state index in [9.17, 15) is 29.8 Å². The van der Waals surface area contributed by atoms with E-state index in [2.05, 4.69) is 10.6 Å². The van der Waals surface area contributed by atoms with Crippen LogP contribution in [-0.2, 0) is 9.59 Å². The molecule has 0 radical (unpaired) electrons. The van der Waals surface area contributed by atoms with Gasteiger partial charge in [-0.3, -0.25) is 29.8 Å². The molecular weight excluding hydrogens is 496 g/mol. The molecule has 2 amide bonds. The fourth-order valence-electron chi connectivity index (χ4n) is 3.53. The quantitative estimate of drug-likeness (QED) is 0.226. The number of carbonyl (C=O) groups excluding carboxylic acids is 2. The number of benzene rings is 4. The summed E-state index contributed by atoms with van der Waals surface area (Å²) in [6.07, 6.45) is 0. The average Bonchev–Trinajstić information content (AvgIpc) is 2.91. The number of ether oxygens (including phenoxy) is 2. The van der Waals surface area contributed by atoms with Crippen LogP contribution in [0.15, 0.2) is 84.9 Å². The Morgan fingerprint density at radius 2 is 0.974 bits per heavy atom. The largest absolute Gasteiger partial charge is 0.484 e. The average molecular weight is 516 g/mol. The molecule has 0 atom stereocenters. The zero-order chi connectivity index (χ0) is 27.1. The van der Waals surface area contributed by atoms with Crippen LogP contribution in [0.2, 0.25) is 0 Å². The van der Waals surface area contributed by atoms with Crippen molar-refractivity contribution in [3.05, 3.63) is 105 Å². The van der Waals surface area contributed by atoms with E-state index in [1.807, 2.05) is 0 Å². The number of amides is 2. The predicted molar refractivity (Wildman–Crippen MR) is 138 cm³/mol. The molecule has 192 valence electrons. The van der Waals surface area contributed by atoms with Crippen molar-refractivity contribution in [1.29, 1.82) is 0 Å². The van der Waals surface area contributed by atoms with Gasteiger partial charge in [0.1, 0.15) is 11.5 Å². The van der Waals surface area contributed by atoms with E-state index in [4.69, 9.17) is 9.47 Å². The number of nitro groups is 2. The Labute approximate surface area is 215 Å². The van der Waals surface area contributed by atoms with E-state index in [0.29, 0.717) is 33.6 Å². The van der Waals surface area contributed by atoms with Gasteiger partial charge in [0, 0.05) is 46.4 Å². The van der Waals surface area contributed by atoms with Gasteiger partial charge in [0.05, 0.1) is 9.85 Å². The van der Waals surface area contributed by atoms with Gasteiger partial charge in [-0.1, -0.05) is 24.3 Å². The molecule has 2 N–H and O–H groups in total. The maximum atomic E-state index is 12.5. The topological polar surface area (TPSA) is 163 Å². The van der Waals surface area contributed by atoms with Gasteiger partial charge in [-0.05, 0) is 36.4 Å².